The summed E-state index contributed by atoms with van der Waals surface area (Å²) in [5.41, 5.74) is 1.29. The van der Waals surface area contributed by atoms with Crippen molar-refractivity contribution in [2.75, 3.05) is 6.54 Å². The van der Waals surface area contributed by atoms with Gasteiger partial charge in [-0.3, -0.25) is 4.79 Å². The minimum Gasteiger partial charge on any atom is -0.481 e. The molecule has 2 N–H and O–H groups in total. The van der Waals surface area contributed by atoms with Crippen LogP contribution in [0.25, 0.3) is 0 Å². The third-order valence-corrected chi connectivity index (χ3v) is 2.82. The molecule has 0 aliphatic heterocycles. The van der Waals surface area contributed by atoms with Gasteiger partial charge in [0.1, 0.15) is 0 Å². The smallest absolute Gasteiger partial charge is 0.303 e. The first-order valence-corrected chi connectivity index (χ1v) is 6.20. The van der Waals surface area contributed by atoms with E-state index in [1.165, 1.54) is 5.56 Å². The van der Waals surface area contributed by atoms with E-state index in [1.54, 1.807) is 0 Å². The third kappa shape index (κ3) is 6.07. The zero-order chi connectivity index (χ0) is 12.5. The Balaban J connectivity index is 2.09. The number of aliphatic carboxylic acids is 1. The summed E-state index contributed by atoms with van der Waals surface area (Å²) in [6.07, 6.45) is 3.07. The fraction of sp³-hybridized carbons (Fsp3) is 0.500. The number of carboxylic acids is 1. The Morgan fingerprint density at radius 1 is 1.24 bits per heavy atom. The third-order valence-electron chi connectivity index (χ3n) is 2.82. The Morgan fingerprint density at radius 2 is 1.94 bits per heavy atom. The van der Waals surface area contributed by atoms with Crippen LogP contribution in [0.1, 0.15) is 44.2 Å². The van der Waals surface area contributed by atoms with Gasteiger partial charge in [0.15, 0.2) is 0 Å². The van der Waals surface area contributed by atoms with E-state index in [4.69, 9.17) is 5.11 Å². The molecule has 1 aromatic rings. The summed E-state index contributed by atoms with van der Waals surface area (Å²) in [5.74, 6) is -0.699. The van der Waals surface area contributed by atoms with Crippen molar-refractivity contribution >= 4 is 5.97 Å². The average molecular weight is 235 g/mol. The van der Waals surface area contributed by atoms with Crippen molar-refractivity contribution in [3.8, 4) is 0 Å². The van der Waals surface area contributed by atoms with E-state index in [1.807, 2.05) is 18.2 Å². The van der Waals surface area contributed by atoms with Gasteiger partial charge in [-0.15, -0.1) is 0 Å². The summed E-state index contributed by atoms with van der Waals surface area (Å²) in [7, 11) is 0. The topological polar surface area (TPSA) is 49.3 Å². The van der Waals surface area contributed by atoms with Crippen LogP contribution in [0.3, 0.4) is 0 Å². The Hall–Kier alpha value is -1.35. The molecular weight excluding hydrogens is 214 g/mol. The predicted octanol–water partition coefficient (Wildman–Crippen LogP) is 2.98. The van der Waals surface area contributed by atoms with Crippen molar-refractivity contribution in [1.82, 2.24) is 5.32 Å². The lowest BCUT2D eigenvalue weighted by atomic mass is 10.1. The van der Waals surface area contributed by atoms with E-state index in [9.17, 15) is 4.79 Å². The van der Waals surface area contributed by atoms with Crippen molar-refractivity contribution < 1.29 is 9.90 Å². The number of nitrogens with one attached hydrogen (secondary N) is 1. The molecule has 1 atom stereocenters. The lowest BCUT2D eigenvalue weighted by Crippen LogP contribution is -2.19. The average Bonchev–Trinajstić information content (AvgIpc) is 2.34. The van der Waals surface area contributed by atoms with E-state index in [0.29, 0.717) is 6.04 Å². The second-order valence-electron chi connectivity index (χ2n) is 4.29. The van der Waals surface area contributed by atoms with Crippen LogP contribution in [0.5, 0.6) is 0 Å². The molecule has 17 heavy (non-hydrogen) atoms. The zero-order valence-electron chi connectivity index (χ0n) is 10.4. The first-order chi connectivity index (χ1) is 8.20. The predicted molar refractivity (Wildman–Crippen MR) is 69.0 cm³/mol. The highest BCUT2D eigenvalue weighted by molar-refractivity contribution is 5.66. The number of unbranched alkanes of at least 4 members (excludes halogenated alkanes) is 2. The van der Waals surface area contributed by atoms with Gasteiger partial charge in [-0.2, -0.15) is 0 Å². The summed E-state index contributed by atoms with van der Waals surface area (Å²) in [4.78, 5) is 10.3. The molecule has 0 spiro atoms. The summed E-state index contributed by atoms with van der Waals surface area (Å²) < 4.78 is 0. The maximum Gasteiger partial charge on any atom is 0.303 e. The Labute approximate surface area is 103 Å². The van der Waals surface area contributed by atoms with E-state index in [-0.39, 0.29) is 6.42 Å². The number of hydrogen-bond donors (Lipinski definition) is 2. The zero-order valence-corrected chi connectivity index (χ0v) is 10.4. The maximum atomic E-state index is 10.3. The van der Waals surface area contributed by atoms with Gasteiger partial charge in [0, 0.05) is 12.5 Å². The number of hydrogen-bond acceptors (Lipinski definition) is 2. The molecule has 0 aromatic heterocycles. The van der Waals surface area contributed by atoms with Crippen LogP contribution in [0.2, 0.25) is 0 Å². The van der Waals surface area contributed by atoms with E-state index in [0.717, 1.165) is 25.8 Å². The van der Waals surface area contributed by atoms with Crippen LogP contribution in [0, 0.1) is 0 Å². The summed E-state index contributed by atoms with van der Waals surface area (Å²) >= 11 is 0. The largest absolute Gasteiger partial charge is 0.481 e. The van der Waals surface area contributed by atoms with E-state index >= 15 is 0 Å². The molecule has 0 fully saturated rings. The molecule has 0 aliphatic carbocycles. The van der Waals surface area contributed by atoms with Crippen molar-refractivity contribution in [2.24, 2.45) is 0 Å². The van der Waals surface area contributed by atoms with Crippen molar-refractivity contribution in [1.29, 1.82) is 0 Å². The molecular formula is C14H21NO2. The van der Waals surface area contributed by atoms with Gasteiger partial charge in [0.2, 0.25) is 0 Å². The fourth-order valence-corrected chi connectivity index (χ4v) is 1.76. The molecule has 0 unspecified atom stereocenters. The molecule has 0 amide bonds. The molecule has 0 saturated heterocycles. The standard InChI is InChI=1S/C14H21NO2/c1-12(13-8-4-2-5-9-13)15-11-7-3-6-10-14(16)17/h2,4-5,8-9,12,15H,3,6-7,10-11H2,1H3,(H,16,17)/t12-/m0/s1. The molecule has 3 heteroatoms. The lowest BCUT2D eigenvalue weighted by molar-refractivity contribution is -0.137. The maximum absolute atomic E-state index is 10.3. The highest BCUT2D eigenvalue weighted by atomic mass is 16.4. The molecule has 0 bridgehead atoms. The second-order valence-corrected chi connectivity index (χ2v) is 4.29. The molecule has 1 aromatic carbocycles. The number of benzene rings is 1. The summed E-state index contributed by atoms with van der Waals surface area (Å²) in [6.45, 7) is 3.09. The van der Waals surface area contributed by atoms with Gasteiger partial charge in [0.05, 0.1) is 0 Å². The number of carbonyl (C=O) groups is 1. The number of carboxylic acid groups (broad SMARTS) is 1. The summed E-state index contributed by atoms with van der Waals surface area (Å²) in [6, 6.07) is 10.7. The monoisotopic (exact) mass is 235 g/mol. The lowest BCUT2D eigenvalue weighted by Gasteiger charge is -2.13. The van der Waals surface area contributed by atoms with Crippen LogP contribution in [-0.2, 0) is 4.79 Å². The molecule has 94 valence electrons. The van der Waals surface area contributed by atoms with Crippen molar-refractivity contribution in [2.45, 2.75) is 38.6 Å². The highest BCUT2D eigenvalue weighted by Gasteiger charge is 2.02. The SMILES string of the molecule is C[C@H](NCCCCCC(=O)O)c1ccccc1. The Bertz CT molecular complexity index is 324. The van der Waals surface area contributed by atoms with Gasteiger partial charge >= 0.3 is 5.97 Å². The molecule has 0 saturated carbocycles. The van der Waals surface area contributed by atoms with Gasteiger partial charge < -0.3 is 10.4 Å². The van der Waals surface area contributed by atoms with Gasteiger partial charge in [-0.1, -0.05) is 36.8 Å². The normalized spacial score (nSPS) is 12.3. The minimum absolute atomic E-state index is 0.286. The van der Waals surface area contributed by atoms with E-state index < -0.39 is 5.97 Å². The van der Waals surface area contributed by atoms with Crippen LogP contribution in [-0.4, -0.2) is 17.6 Å². The minimum atomic E-state index is -0.699. The fourth-order valence-electron chi connectivity index (χ4n) is 1.76. The van der Waals surface area contributed by atoms with Gasteiger partial charge in [-0.25, -0.2) is 0 Å². The van der Waals surface area contributed by atoms with Crippen LogP contribution >= 0.6 is 0 Å². The van der Waals surface area contributed by atoms with Crippen molar-refractivity contribution in [3.63, 3.8) is 0 Å². The quantitative estimate of drug-likeness (QED) is 0.681. The van der Waals surface area contributed by atoms with Crippen LogP contribution in [0.4, 0.5) is 0 Å². The van der Waals surface area contributed by atoms with Crippen LogP contribution in [0.15, 0.2) is 30.3 Å². The van der Waals surface area contributed by atoms with Gasteiger partial charge in [-0.05, 0) is 31.9 Å². The molecule has 0 heterocycles. The van der Waals surface area contributed by atoms with E-state index in [2.05, 4.69) is 24.4 Å². The Kier molecular flexibility index (Phi) is 6.33. The first-order valence-electron chi connectivity index (χ1n) is 6.20. The molecule has 0 radical (unpaired) electrons. The number of rotatable bonds is 8. The summed E-state index contributed by atoms with van der Waals surface area (Å²) in [5, 5.41) is 11.9. The van der Waals surface area contributed by atoms with Gasteiger partial charge in [0.25, 0.3) is 0 Å². The Morgan fingerprint density at radius 3 is 2.59 bits per heavy atom. The van der Waals surface area contributed by atoms with Crippen molar-refractivity contribution in [3.05, 3.63) is 35.9 Å². The highest BCUT2D eigenvalue weighted by Crippen LogP contribution is 2.11. The first kappa shape index (κ1) is 13.7. The second kappa shape index (κ2) is 7.85. The molecule has 1 rings (SSSR count). The molecule has 0 aliphatic rings. The molecule has 3 nitrogen and oxygen atoms in total. The van der Waals surface area contributed by atoms with Crippen LogP contribution < -0.4 is 5.32 Å².